The Balaban J connectivity index is 1.17. The van der Waals surface area contributed by atoms with Crippen LogP contribution in [0.25, 0.3) is 16.8 Å². The maximum Gasteiger partial charge on any atom is 0.410 e. The van der Waals surface area contributed by atoms with Crippen molar-refractivity contribution in [1.29, 1.82) is 0 Å². The number of aromatic nitrogens is 4. The quantitative estimate of drug-likeness (QED) is 0.285. The van der Waals surface area contributed by atoms with Crippen LogP contribution in [0.4, 0.5) is 15.0 Å². The highest BCUT2D eigenvalue weighted by Gasteiger charge is 2.36. The van der Waals surface area contributed by atoms with Crippen LogP contribution < -0.4 is 10.5 Å². The topological polar surface area (TPSA) is 111 Å². The Hall–Kier alpha value is -4.25. The molecule has 0 unspecified atom stereocenters. The molecule has 2 aromatic carbocycles. The molecule has 2 N–H and O–H groups in total. The lowest BCUT2D eigenvalue weighted by atomic mass is 9.84. The van der Waals surface area contributed by atoms with E-state index in [1.165, 1.54) is 12.4 Å². The number of carbonyl (C=O) groups is 1. The Bertz CT molecular complexity index is 1630. The van der Waals surface area contributed by atoms with Gasteiger partial charge >= 0.3 is 6.09 Å². The minimum Gasteiger partial charge on any atom is -0.457 e. The van der Waals surface area contributed by atoms with Gasteiger partial charge < -0.3 is 20.1 Å². The second-order valence-corrected chi connectivity index (χ2v) is 12.8. The Labute approximate surface area is 257 Å². The number of nitrogens with zero attached hydrogens (tertiary/aromatic N) is 6. The number of ether oxygens (including phenoxy) is 2. The van der Waals surface area contributed by atoms with Crippen molar-refractivity contribution in [3.05, 3.63) is 66.5 Å². The van der Waals surface area contributed by atoms with Crippen LogP contribution >= 0.6 is 0 Å². The summed E-state index contributed by atoms with van der Waals surface area (Å²) in [5, 5.41) is 4.49. The van der Waals surface area contributed by atoms with Crippen LogP contribution in [0.5, 0.6) is 11.5 Å². The van der Waals surface area contributed by atoms with E-state index in [2.05, 4.69) is 21.9 Å². The third-order valence-corrected chi connectivity index (χ3v) is 8.53. The molecule has 1 atom stereocenters. The lowest BCUT2D eigenvalue weighted by molar-refractivity contribution is -0.00759. The zero-order chi connectivity index (χ0) is 31.0. The molecule has 1 amide bonds. The number of hydrogen-bond acceptors (Lipinski definition) is 8. The molecular formula is C33H40FN7O3. The largest absolute Gasteiger partial charge is 0.457 e. The first kappa shape index (κ1) is 29.8. The summed E-state index contributed by atoms with van der Waals surface area (Å²) >= 11 is 0. The molecule has 0 bridgehead atoms. The van der Waals surface area contributed by atoms with Crippen molar-refractivity contribution in [3.63, 3.8) is 0 Å². The highest BCUT2D eigenvalue weighted by atomic mass is 19.1. The number of para-hydroxylation sites is 1. The number of piperazine rings is 1. The average molecular weight is 602 g/mol. The van der Waals surface area contributed by atoms with E-state index in [-0.39, 0.29) is 23.9 Å². The van der Waals surface area contributed by atoms with Gasteiger partial charge in [-0.25, -0.2) is 23.7 Å². The Morgan fingerprint density at radius 3 is 2.45 bits per heavy atom. The molecule has 2 fully saturated rings. The van der Waals surface area contributed by atoms with Crippen molar-refractivity contribution in [2.24, 2.45) is 0 Å². The van der Waals surface area contributed by atoms with Crippen LogP contribution in [0, 0.1) is 5.82 Å². The Morgan fingerprint density at radius 1 is 1.02 bits per heavy atom. The Morgan fingerprint density at radius 2 is 1.77 bits per heavy atom. The fraction of sp³-hybridized carbons (Fsp3) is 0.455. The average Bonchev–Trinajstić information content (AvgIpc) is 3.37. The van der Waals surface area contributed by atoms with Gasteiger partial charge in [-0.15, -0.1) is 0 Å². The van der Waals surface area contributed by atoms with E-state index < -0.39 is 11.4 Å². The summed E-state index contributed by atoms with van der Waals surface area (Å²) in [6, 6.07) is 14.5. The van der Waals surface area contributed by atoms with Gasteiger partial charge in [0.1, 0.15) is 46.3 Å². The van der Waals surface area contributed by atoms with Crippen LogP contribution in [-0.4, -0.2) is 72.8 Å². The fourth-order valence-corrected chi connectivity index (χ4v) is 6.41. The van der Waals surface area contributed by atoms with Crippen LogP contribution in [0.2, 0.25) is 0 Å². The fourth-order valence-electron chi connectivity index (χ4n) is 6.41. The minimum absolute atomic E-state index is 0.0779. The second kappa shape index (κ2) is 12.0. The number of nitrogens with two attached hydrogens (primary N) is 1. The van der Waals surface area contributed by atoms with Crippen molar-refractivity contribution in [1.82, 2.24) is 29.4 Å². The van der Waals surface area contributed by atoms with Crippen molar-refractivity contribution in [3.8, 4) is 22.8 Å². The molecule has 2 aromatic heterocycles. The molecular weight excluding hydrogens is 561 g/mol. The van der Waals surface area contributed by atoms with Crippen LogP contribution in [0.1, 0.15) is 65.1 Å². The number of amides is 1. The predicted octanol–water partition coefficient (Wildman–Crippen LogP) is 6.27. The van der Waals surface area contributed by atoms with E-state index in [0.717, 1.165) is 44.6 Å². The number of benzene rings is 2. The van der Waals surface area contributed by atoms with E-state index in [1.54, 1.807) is 16.6 Å². The number of imidazole rings is 1. The van der Waals surface area contributed by atoms with Crippen molar-refractivity contribution in [2.45, 2.75) is 77.0 Å². The lowest BCUT2D eigenvalue weighted by Crippen LogP contribution is -2.57. The molecule has 1 aliphatic carbocycles. The number of anilines is 1. The number of nitrogen functional groups attached to an aromatic ring is 1. The smallest absolute Gasteiger partial charge is 0.410 e. The summed E-state index contributed by atoms with van der Waals surface area (Å²) in [4.78, 5) is 26.2. The highest BCUT2D eigenvalue weighted by molar-refractivity contribution is 5.85. The van der Waals surface area contributed by atoms with E-state index in [1.807, 2.05) is 56.0 Å². The van der Waals surface area contributed by atoms with Gasteiger partial charge in [-0.2, -0.15) is 5.10 Å². The van der Waals surface area contributed by atoms with Crippen LogP contribution in [0.15, 0.2) is 54.9 Å². The van der Waals surface area contributed by atoms with Crippen LogP contribution in [-0.2, 0) is 4.74 Å². The molecule has 232 valence electrons. The monoisotopic (exact) mass is 601 g/mol. The third-order valence-electron chi connectivity index (χ3n) is 8.53. The van der Waals surface area contributed by atoms with Gasteiger partial charge in [0.15, 0.2) is 5.82 Å². The molecule has 10 nitrogen and oxygen atoms in total. The standard InChI is InChI=1S/C33H40FN7O3/c1-21-19-39(16-17-40(21)32(42)44-33(2,3)4)23-12-10-22(11-13-23)31-38-28(29-30(35)36-20-37-41(29)31)26-15-14-25(18-27(26)34)43-24-8-6-5-7-9-24/h5-9,14-15,18,20-23H,10-13,16-17,19H2,1-4H3,(H2,35,36,37)/t21-,22?,23?/m0/s1. The van der Waals surface area contributed by atoms with Gasteiger partial charge in [0.2, 0.25) is 0 Å². The first-order valence-electron chi connectivity index (χ1n) is 15.3. The summed E-state index contributed by atoms with van der Waals surface area (Å²) in [6.45, 7) is 10.1. The van der Waals surface area contributed by atoms with Gasteiger partial charge in [-0.3, -0.25) is 4.90 Å². The van der Waals surface area contributed by atoms with Crippen molar-refractivity contribution >= 4 is 17.4 Å². The first-order chi connectivity index (χ1) is 21.1. The molecule has 1 aliphatic heterocycles. The van der Waals surface area contributed by atoms with Gasteiger partial charge in [-0.1, -0.05) is 18.2 Å². The number of rotatable bonds is 5. The van der Waals surface area contributed by atoms with E-state index in [0.29, 0.717) is 40.9 Å². The number of fused-ring (bicyclic) bond motifs is 1. The zero-order valence-electron chi connectivity index (χ0n) is 25.7. The van der Waals surface area contributed by atoms with Crippen LogP contribution in [0.3, 0.4) is 0 Å². The Kier molecular flexibility index (Phi) is 8.15. The van der Waals surface area contributed by atoms with E-state index >= 15 is 4.39 Å². The number of halogens is 1. The molecule has 1 saturated heterocycles. The minimum atomic E-state index is -0.509. The molecule has 2 aliphatic rings. The normalized spacial score (nSPS) is 21.4. The van der Waals surface area contributed by atoms with Crippen molar-refractivity contribution < 1.29 is 18.7 Å². The number of carbonyl (C=O) groups excluding carboxylic acids is 1. The SMILES string of the molecule is C[C@H]1CN(C2CCC(c3nc(-c4ccc(Oc5ccccc5)cc4F)c4c(N)ncnn34)CC2)CCN1C(=O)OC(C)(C)C. The maximum atomic E-state index is 15.5. The summed E-state index contributed by atoms with van der Waals surface area (Å²) in [5.74, 6) is 1.73. The molecule has 11 heteroatoms. The van der Waals surface area contributed by atoms with E-state index in [9.17, 15) is 4.79 Å². The molecule has 0 radical (unpaired) electrons. The van der Waals surface area contributed by atoms with Gasteiger partial charge in [0.25, 0.3) is 0 Å². The number of hydrogen-bond donors (Lipinski definition) is 1. The highest BCUT2D eigenvalue weighted by Crippen LogP contribution is 2.39. The molecule has 44 heavy (non-hydrogen) atoms. The maximum absolute atomic E-state index is 15.5. The van der Waals surface area contributed by atoms with Gasteiger partial charge in [0.05, 0.1) is 0 Å². The summed E-state index contributed by atoms with van der Waals surface area (Å²) in [6.07, 6.45) is 5.00. The molecule has 4 aromatic rings. The summed E-state index contributed by atoms with van der Waals surface area (Å²) in [7, 11) is 0. The zero-order valence-corrected chi connectivity index (χ0v) is 25.7. The molecule has 6 rings (SSSR count). The summed E-state index contributed by atoms with van der Waals surface area (Å²) < 4.78 is 28.7. The predicted molar refractivity (Wildman–Crippen MR) is 166 cm³/mol. The van der Waals surface area contributed by atoms with Gasteiger partial charge in [0, 0.05) is 49.3 Å². The third kappa shape index (κ3) is 6.19. The van der Waals surface area contributed by atoms with Gasteiger partial charge in [-0.05, 0) is 77.6 Å². The summed E-state index contributed by atoms with van der Waals surface area (Å²) in [5.41, 5.74) is 7.06. The first-order valence-corrected chi connectivity index (χ1v) is 15.3. The van der Waals surface area contributed by atoms with E-state index in [4.69, 9.17) is 20.2 Å². The lowest BCUT2D eigenvalue weighted by Gasteiger charge is -2.45. The second-order valence-electron chi connectivity index (χ2n) is 12.8. The molecule has 3 heterocycles. The molecule has 1 saturated carbocycles. The van der Waals surface area contributed by atoms with Crippen molar-refractivity contribution in [2.75, 3.05) is 25.4 Å². The molecule has 0 spiro atoms.